The second-order valence-corrected chi connectivity index (χ2v) is 8.11. The maximum Gasteiger partial charge on any atom is 0.253 e. The molecular weight excluding hydrogens is 344 g/mol. The Balaban J connectivity index is 1.67. The van der Waals surface area contributed by atoms with Crippen LogP contribution in [0.1, 0.15) is 23.2 Å². The number of likely N-dealkylation sites (tertiary alicyclic amines) is 1. The first-order valence-electron chi connectivity index (χ1n) is 7.94. The summed E-state index contributed by atoms with van der Waals surface area (Å²) in [6.45, 7) is 0.791. The molecule has 1 aromatic carbocycles. The average Bonchev–Trinajstić information content (AvgIpc) is 3.08. The predicted octanol–water partition coefficient (Wildman–Crippen LogP) is 0.902. The summed E-state index contributed by atoms with van der Waals surface area (Å²) in [5, 5.41) is 6.79. The number of sulfone groups is 1. The van der Waals surface area contributed by atoms with E-state index in [9.17, 15) is 13.2 Å². The van der Waals surface area contributed by atoms with Crippen LogP contribution in [0.5, 0.6) is 5.75 Å². The van der Waals surface area contributed by atoms with Crippen LogP contribution in [0.2, 0.25) is 0 Å². The Morgan fingerprint density at radius 2 is 1.84 bits per heavy atom. The molecule has 1 aliphatic heterocycles. The first-order chi connectivity index (χ1) is 11.9. The zero-order valence-corrected chi connectivity index (χ0v) is 14.9. The second-order valence-electron chi connectivity index (χ2n) is 5.99. The van der Waals surface area contributed by atoms with E-state index < -0.39 is 15.1 Å². The number of carbonyl (C=O) groups excluding carboxylic acids is 1. The van der Waals surface area contributed by atoms with Crippen molar-refractivity contribution in [1.29, 1.82) is 0 Å². The Morgan fingerprint density at radius 1 is 1.20 bits per heavy atom. The first-order valence-corrected chi connectivity index (χ1v) is 9.49. The number of benzene rings is 1. The minimum atomic E-state index is -3.54. The van der Waals surface area contributed by atoms with E-state index in [2.05, 4.69) is 10.2 Å². The number of ether oxygens (including phenoxy) is 1. The largest absolute Gasteiger partial charge is 0.497 e. The molecule has 2 aromatic rings. The number of aryl methyl sites for hydroxylation is 1. The molecule has 0 aliphatic carbocycles. The van der Waals surface area contributed by atoms with Gasteiger partial charge in [0.2, 0.25) is 15.0 Å². The Labute approximate surface area is 146 Å². The van der Waals surface area contributed by atoms with Gasteiger partial charge in [0.15, 0.2) is 0 Å². The van der Waals surface area contributed by atoms with Crippen molar-refractivity contribution in [3.05, 3.63) is 36.2 Å². The lowest BCUT2D eigenvalue weighted by atomic mass is 10.1. The van der Waals surface area contributed by atoms with Crippen LogP contribution in [0.25, 0.3) is 0 Å². The smallest absolute Gasteiger partial charge is 0.253 e. The van der Waals surface area contributed by atoms with Gasteiger partial charge < -0.3 is 14.2 Å². The highest BCUT2D eigenvalue weighted by molar-refractivity contribution is 7.91. The number of carbonyl (C=O) groups is 1. The molecule has 134 valence electrons. The van der Waals surface area contributed by atoms with Crippen molar-refractivity contribution >= 4 is 15.7 Å². The fourth-order valence-electron chi connectivity index (χ4n) is 2.96. The van der Waals surface area contributed by atoms with Crippen molar-refractivity contribution in [3.63, 3.8) is 0 Å². The molecule has 1 aliphatic rings. The third-order valence-corrected chi connectivity index (χ3v) is 6.66. The number of aromatic nitrogens is 3. The van der Waals surface area contributed by atoms with E-state index in [1.807, 2.05) is 0 Å². The van der Waals surface area contributed by atoms with Gasteiger partial charge in [-0.3, -0.25) is 4.79 Å². The highest BCUT2D eigenvalue weighted by Gasteiger charge is 2.35. The number of rotatable bonds is 4. The van der Waals surface area contributed by atoms with Crippen LogP contribution in [-0.2, 0) is 16.9 Å². The third kappa shape index (κ3) is 3.37. The molecule has 0 N–H and O–H groups in total. The number of hydrogen-bond acceptors (Lipinski definition) is 6. The summed E-state index contributed by atoms with van der Waals surface area (Å²) in [6, 6.07) is 6.89. The minimum absolute atomic E-state index is 0.0209. The Morgan fingerprint density at radius 3 is 2.36 bits per heavy atom. The van der Waals surface area contributed by atoms with E-state index in [1.54, 1.807) is 43.3 Å². The van der Waals surface area contributed by atoms with E-state index in [1.165, 1.54) is 10.9 Å². The summed E-state index contributed by atoms with van der Waals surface area (Å²) in [5.41, 5.74) is 0.565. The molecule has 1 aromatic heterocycles. The summed E-state index contributed by atoms with van der Waals surface area (Å²) in [7, 11) is -0.362. The molecule has 1 amide bonds. The van der Waals surface area contributed by atoms with Gasteiger partial charge in [-0.15, -0.1) is 10.2 Å². The highest BCUT2D eigenvalue weighted by atomic mass is 32.2. The molecule has 0 bridgehead atoms. The number of piperidine rings is 1. The molecule has 3 rings (SSSR count). The van der Waals surface area contributed by atoms with Gasteiger partial charge >= 0.3 is 0 Å². The van der Waals surface area contributed by atoms with Crippen molar-refractivity contribution in [2.24, 2.45) is 7.05 Å². The van der Waals surface area contributed by atoms with Crippen molar-refractivity contribution in [1.82, 2.24) is 19.7 Å². The summed E-state index contributed by atoms with van der Waals surface area (Å²) < 4.78 is 31.8. The molecule has 1 fully saturated rings. The first kappa shape index (κ1) is 17.4. The summed E-state index contributed by atoms with van der Waals surface area (Å²) in [4.78, 5) is 14.2. The predicted molar refractivity (Wildman–Crippen MR) is 90.1 cm³/mol. The minimum Gasteiger partial charge on any atom is -0.497 e. The van der Waals surface area contributed by atoms with Crippen LogP contribution in [-0.4, -0.2) is 59.4 Å². The van der Waals surface area contributed by atoms with E-state index in [4.69, 9.17) is 4.74 Å². The van der Waals surface area contributed by atoms with Gasteiger partial charge in [0.25, 0.3) is 5.91 Å². The molecule has 9 heteroatoms. The lowest BCUT2D eigenvalue weighted by Gasteiger charge is -2.31. The Bertz CT molecular complexity index is 853. The fourth-order valence-corrected chi connectivity index (χ4v) is 4.70. The SMILES string of the molecule is COc1ccc(C(=O)N2CCC(S(=O)(=O)c3nncn3C)CC2)cc1. The third-order valence-electron chi connectivity index (χ3n) is 4.43. The summed E-state index contributed by atoms with van der Waals surface area (Å²) in [6.07, 6.45) is 2.14. The van der Waals surface area contributed by atoms with E-state index in [-0.39, 0.29) is 11.1 Å². The molecular formula is C16H20N4O4S. The van der Waals surface area contributed by atoms with Crippen molar-refractivity contribution in [2.45, 2.75) is 23.2 Å². The van der Waals surface area contributed by atoms with Crippen molar-refractivity contribution < 1.29 is 17.9 Å². The zero-order valence-electron chi connectivity index (χ0n) is 14.1. The topological polar surface area (TPSA) is 94.4 Å². The van der Waals surface area contributed by atoms with Gasteiger partial charge in [-0.2, -0.15) is 0 Å². The second kappa shape index (κ2) is 6.83. The van der Waals surface area contributed by atoms with E-state index in [0.717, 1.165) is 0 Å². The maximum atomic E-state index is 12.6. The molecule has 0 atom stereocenters. The molecule has 0 saturated carbocycles. The average molecular weight is 364 g/mol. The van der Waals surface area contributed by atoms with Gasteiger partial charge in [-0.25, -0.2) is 8.42 Å². The van der Waals surface area contributed by atoms with E-state index in [0.29, 0.717) is 37.2 Å². The molecule has 1 saturated heterocycles. The Hall–Kier alpha value is -2.42. The van der Waals surface area contributed by atoms with Gasteiger partial charge in [-0.1, -0.05) is 0 Å². The van der Waals surface area contributed by atoms with Crippen LogP contribution in [0.15, 0.2) is 35.7 Å². The van der Waals surface area contributed by atoms with Crippen molar-refractivity contribution in [2.75, 3.05) is 20.2 Å². The van der Waals surface area contributed by atoms with Gasteiger partial charge in [0.1, 0.15) is 12.1 Å². The summed E-state index contributed by atoms with van der Waals surface area (Å²) >= 11 is 0. The van der Waals surface area contributed by atoms with Gasteiger partial charge in [-0.05, 0) is 37.1 Å². The quantitative estimate of drug-likeness (QED) is 0.800. The lowest BCUT2D eigenvalue weighted by Crippen LogP contribution is -2.42. The standard InChI is InChI=1S/C16H20N4O4S/c1-19-11-17-18-16(19)25(22,23)14-7-9-20(10-8-14)15(21)12-3-5-13(24-2)6-4-12/h3-6,11,14H,7-10H2,1-2H3. The van der Waals surface area contributed by atoms with Gasteiger partial charge in [0.05, 0.1) is 12.4 Å². The fraction of sp³-hybridized carbons (Fsp3) is 0.438. The number of nitrogens with zero attached hydrogens (tertiary/aromatic N) is 4. The normalized spacial score (nSPS) is 16.0. The van der Waals surface area contributed by atoms with Crippen LogP contribution in [0, 0.1) is 0 Å². The van der Waals surface area contributed by atoms with Gasteiger partial charge in [0, 0.05) is 25.7 Å². The zero-order chi connectivity index (χ0) is 18.0. The van der Waals surface area contributed by atoms with Crippen LogP contribution in [0.3, 0.4) is 0 Å². The van der Waals surface area contributed by atoms with Crippen LogP contribution >= 0.6 is 0 Å². The Kier molecular flexibility index (Phi) is 4.76. The highest BCUT2D eigenvalue weighted by Crippen LogP contribution is 2.24. The van der Waals surface area contributed by atoms with Crippen molar-refractivity contribution in [3.8, 4) is 5.75 Å². The van der Waals surface area contributed by atoms with E-state index >= 15 is 0 Å². The maximum absolute atomic E-state index is 12.6. The molecule has 2 heterocycles. The molecule has 8 nitrogen and oxygen atoms in total. The molecule has 0 spiro atoms. The number of methoxy groups -OCH3 is 1. The monoisotopic (exact) mass is 364 g/mol. The van der Waals surface area contributed by atoms with Crippen LogP contribution in [0.4, 0.5) is 0 Å². The van der Waals surface area contributed by atoms with Crippen LogP contribution < -0.4 is 4.74 Å². The summed E-state index contributed by atoms with van der Waals surface area (Å²) in [5.74, 6) is 0.585. The number of amides is 1. The molecule has 25 heavy (non-hydrogen) atoms. The lowest BCUT2D eigenvalue weighted by molar-refractivity contribution is 0.0725. The molecule has 0 unspecified atom stereocenters. The molecule has 0 radical (unpaired) electrons. The number of hydrogen-bond donors (Lipinski definition) is 0.